The van der Waals surface area contributed by atoms with Gasteiger partial charge in [0.2, 0.25) is 0 Å². The summed E-state index contributed by atoms with van der Waals surface area (Å²) in [5.41, 5.74) is 0. The summed E-state index contributed by atoms with van der Waals surface area (Å²) in [7, 11) is 0. The predicted octanol–water partition coefficient (Wildman–Crippen LogP) is 2.98. The van der Waals surface area contributed by atoms with Gasteiger partial charge in [-0.15, -0.1) is 11.3 Å². The van der Waals surface area contributed by atoms with E-state index in [2.05, 4.69) is 22.0 Å². The number of halogens is 1. The molecule has 1 aliphatic rings. The lowest BCUT2D eigenvalue weighted by Gasteiger charge is -2.26. The van der Waals surface area contributed by atoms with Crippen LogP contribution in [0, 0.1) is 0 Å². The van der Waals surface area contributed by atoms with Crippen LogP contribution in [0.3, 0.4) is 0 Å². The Hall–Kier alpha value is 0.1000. The van der Waals surface area contributed by atoms with E-state index in [4.69, 9.17) is 4.74 Å². The third-order valence-corrected chi connectivity index (χ3v) is 4.40. The van der Waals surface area contributed by atoms with E-state index in [9.17, 15) is 5.11 Å². The first-order chi connectivity index (χ1) is 7.25. The third kappa shape index (κ3) is 3.28. The maximum atomic E-state index is 10.0. The van der Waals surface area contributed by atoms with Gasteiger partial charge < -0.3 is 9.84 Å². The predicted molar refractivity (Wildman–Crippen MR) is 65.3 cm³/mol. The Labute approximate surface area is 102 Å². The van der Waals surface area contributed by atoms with Crippen molar-refractivity contribution in [2.45, 2.75) is 37.9 Å². The van der Waals surface area contributed by atoms with E-state index in [1.54, 1.807) is 11.3 Å². The van der Waals surface area contributed by atoms with Crippen LogP contribution in [0.1, 0.15) is 24.1 Å². The molecule has 0 aromatic carbocycles. The molecule has 84 valence electrons. The second-order valence-electron chi connectivity index (χ2n) is 3.91. The average molecular weight is 291 g/mol. The summed E-state index contributed by atoms with van der Waals surface area (Å²) < 4.78 is 6.66. The van der Waals surface area contributed by atoms with E-state index >= 15 is 0 Å². The van der Waals surface area contributed by atoms with Gasteiger partial charge in [0, 0.05) is 27.8 Å². The molecular weight excluding hydrogens is 276 g/mol. The van der Waals surface area contributed by atoms with Gasteiger partial charge in [-0.1, -0.05) is 0 Å². The fourth-order valence-electron chi connectivity index (χ4n) is 1.87. The molecule has 0 bridgehead atoms. The summed E-state index contributed by atoms with van der Waals surface area (Å²) in [4.78, 5) is 1.21. The van der Waals surface area contributed by atoms with Gasteiger partial charge in [-0.25, -0.2) is 0 Å². The zero-order chi connectivity index (χ0) is 10.7. The fourth-order valence-corrected chi connectivity index (χ4v) is 3.37. The van der Waals surface area contributed by atoms with Crippen molar-refractivity contribution in [3.8, 4) is 0 Å². The fraction of sp³-hybridized carbons (Fsp3) is 0.636. The lowest BCUT2D eigenvalue weighted by Crippen LogP contribution is -2.33. The standard InChI is InChI=1S/C11H15BrO2S/c12-8-5-9(15-7-8)6-10(13)11-3-1-2-4-14-11/h5,7,10-11,13H,1-4,6H2. The SMILES string of the molecule is OC(Cc1cc(Br)cs1)C1CCCCO1. The van der Waals surface area contributed by atoms with Gasteiger partial charge in [-0.3, -0.25) is 0 Å². The van der Waals surface area contributed by atoms with Crippen molar-refractivity contribution in [3.05, 3.63) is 20.8 Å². The highest BCUT2D eigenvalue weighted by atomic mass is 79.9. The second-order valence-corrected chi connectivity index (χ2v) is 5.82. The quantitative estimate of drug-likeness (QED) is 0.927. The molecule has 4 heteroatoms. The van der Waals surface area contributed by atoms with Gasteiger partial charge in [0.25, 0.3) is 0 Å². The Bertz CT molecular complexity index is 307. The van der Waals surface area contributed by atoms with Crippen LogP contribution in [-0.2, 0) is 11.2 Å². The first-order valence-electron chi connectivity index (χ1n) is 5.28. The van der Waals surface area contributed by atoms with Crippen molar-refractivity contribution >= 4 is 27.3 Å². The van der Waals surface area contributed by atoms with E-state index in [0.717, 1.165) is 23.9 Å². The van der Waals surface area contributed by atoms with Crippen molar-refractivity contribution in [1.29, 1.82) is 0 Å². The van der Waals surface area contributed by atoms with Gasteiger partial charge in [-0.05, 0) is 41.3 Å². The molecular formula is C11H15BrO2S. The lowest BCUT2D eigenvalue weighted by atomic mass is 10.0. The van der Waals surface area contributed by atoms with Gasteiger partial charge in [0.15, 0.2) is 0 Å². The zero-order valence-corrected chi connectivity index (χ0v) is 10.9. The van der Waals surface area contributed by atoms with Crippen LogP contribution >= 0.6 is 27.3 Å². The molecule has 15 heavy (non-hydrogen) atoms. The van der Waals surface area contributed by atoms with Crippen LogP contribution in [-0.4, -0.2) is 23.9 Å². The van der Waals surface area contributed by atoms with E-state index in [-0.39, 0.29) is 12.2 Å². The minimum atomic E-state index is -0.351. The largest absolute Gasteiger partial charge is 0.390 e. The smallest absolute Gasteiger partial charge is 0.0849 e. The van der Waals surface area contributed by atoms with Crippen LogP contribution in [0.15, 0.2) is 15.9 Å². The highest BCUT2D eigenvalue weighted by Crippen LogP contribution is 2.24. The van der Waals surface area contributed by atoms with Crippen molar-refractivity contribution < 1.29 is 9.84 Å². The van der Waals surface area contributed by atoms with Crippen molar-refractivity contribution in [2.75, 3.05) is 6.61 Å². The maximum absolute atomic E-state index is 10.0. The Kier molecular flexibility index (Phi) is 4.20. The Morgan fingerprint density at radius 3 is 3.07 bits per heavy atom. The first-order valence-corrected chi connectivity index (χ1v) is 6.95. The molecule has 2 nitrogen and oxygen atoms in total. The second kappa shape index (κ2) is 5.43. The highest BCUT2D eigenvalue weighted by Gasteiger charge is 2.22. The Balaban J connectivity index is 1.88. The van der Waals surface area contributed by atoms with Crippen LogP contribution in [0.25, 0.3) is 0 Å². The van der Waals surface area contributed by atoms with E-state index < -0.39 is 0 Å². The molecule has 1 aliphatic heterocycles. The third-order valence-electron chi connectivity index (χ3n) is 2.68. The van der Waals surface area contributed by atoms with Crippen LogP contribution in [0.4, 0.5) is 0 Å². The average Bonchev–Trinajstić information content (AvgIpc) is 2.65. The number of thiophene rings is 1. The molecule has 1 aromatic heterocycles. The number of aliphatic hydroxyl groups excluding tert-OH is 1. The molecule has 0 aliphatic carbocycles. The normalized spacial score (nSPS) is 24.0. The number of hydrogen-bond acceptors (Lipinski definition) is 3. The molecule has 2 atom stereocenters. The minimum Gasteiger partial charge on any atom is -0.390 e. The lowest BCUT2D eigenvalue weighted by molar-refractivity contribution is -0.0608. The molecule has 0 amide bonds. The van der Waals surface area contributed by atoms with Crippen LogP contribution in [0.2, 0.25) is 0 Å². The number of rotatable bonds is 3. The minimum absolute atomic E-state index is 0.0413. The summed E-state index contributed by atoms with van der Waals surface area (Å²) >= 11 is 5.10. The Morgan fingerprint density at radius 1 is 1.60 bits per heavy atom. The van der Waals surface area contributed by atoms with Crippen LogP contribution < -0.4 is 0 Å². The number of hydrogen-bond donors (Lipinski definition) is 1. The highest BCUT2D eigenvalue weighted by molar-refractivity contribution is 9.10. The van der Waals surface area contributed by atoms with Crippen molar-refractivity contribution in [2.24, 2.45) is 0 Å². The van der Waals surface area contributed by atoms with Crippen molar-refractivity contribution in [1.82, 2.24) is 0 Å². The van der Waals surface area contributed by atoms with E-state index in [1.165, 1.54) is 11.3 Å². The number of ether oxygens (including phenoxy) is 1. The van der Waals surface area contributed by atoms with Gasteiger partial charge in [0.1, 0.15) is 0 Å². The molecule has 0 saturated carbocycles. The van der Waals surface area contributed by atoms with Gasteiger partial charge in [0.05, 0.1) is 12.2 Å². The summed E-state index contributed by atoms with van der Waals surface area (Å²) in [6, 6.07) is 2.07. The molecule has 0 spiro atoms. The van der Waals surface area contributed by atoms with Gasteiger partial charge >= 0.3 is 0 Å². The summed E-state index contributed by atoms with van der Waals surface area (Å²) in [6.45, 7) is 0.801. The molecule has 1 aromatic rings. The molecule has 2 unspecified atom stereocenters. The summed E-state index contributed by atoms with van der Waals surface area (Å²) in [5.74, 6) is 0. The summed E-state index contributed by atoms with van der Waals surface area (Å²) in [5, 5.41) is 12.0. The molecule has 2 rings (SSSR count). The maximum Gasteiger partial charge on any atom is 0.0849 e. The molecule has 1 N–H and O–H groups in total. The van der Waals surface area contributed by atoms with Crippen LogP contribution in [0.5, 0.6) is 0 Å². The Morgan fingerprint density at radius 2 is 2.47 bits per heavy atom. The number of aliphatic hydroxyl groups is 1. The van der Waals surface area contributed by atoms with E-state index in [0.29, 0.717) is 6.42 Å². The first kappa shape index (κ1) is 11.6. The van der Waals surface area contributed by atoms with Crippen molar-refractivity contribution in [3.63, 3.8) is 0 Å². The molecule has 0 radical (unpaired) electrons. The molecule has 2 heterocycles. The van der Waals surface area contributed by atoms with E-state index in [1.807, 2.05) is 5.38 Å². The molecule has 1 fully saturated rings. The zero-order valence-electron chi connectivity index (χ0n) is 8.49. The monoisotopic (exact) mass is 290 g/mol. The summed E-state index contributed by atoms with van der Waals surface area (Å²) in [6.07, 6.45) is 3.70. The van der Waals surface area contributed by atoms with Gasteiger partial charge in [-0.2, -0.15) is 0 Å². The molecule has 1 saturated heterocycles. The topological polar surface area (TPSA) is 29.5 Å².